The summed E-state index contributed by atoms with van der Waals surface area (Å²) in [5.41, 5.74) is -1.22. The summed E-state index contributed by atoms with van der Waals surface area (Å²) in [6.45, 7) is 0. The lowest BCUT2D eigenvalue weighted by atomic mass is 10.0. The molecule has 0 radical (unpaired) electrons. The number of alkyl halides is 4. The molecule has 1 aromatic rings. The molecule has 0 spiro atoms. The third-order valence-electron chi connectivity index (χ3n) is 1.81. The van der Waals surface area contributed by atoms with E-state index in [1.54, 1.807) is 0 Å². The number of halogens is 5. The highest BCUT2D eigenvalue weighted by Crippen LogP contribution is 2.36. The summed E-state index contributed by atoms with van der Waals surface area (Å²) in [6.07, 6.45) is -4.54. The van der Waals surface area contributed by atoms with E-state index in [1.807, 2.05) is 0 Å². The molecule has 0 amide bonds. The Morgan fingerprint density at radius 2 is 2.00 bits per heavy atom. The van der Waals surface area contributed by atoms with Gasteiger partial charge in [0.15, 0.2) is 0 Å². The summed E-state index contributed by atoms with van der Waals surface area (Å²) in [4.78, 5) is 0. The van der Waals surface area contributed by atoms with Crippen molar-refractivity contribution in [3.05, 3.63) is 33.8 Å². The minimum atomic E-state index is -4.54. The Morgan fingerprint density at radius 1 is 1.40 bits per heavy atom. The normalized spacial score (nSPS) is 11.2. The summed E-state index contributed by atoms with van der Waals surface area (Å²) in [7, 11) is 0. The molecule has 0 aromatic heterocycles. The minimum Gasteiger partial charge on any atom is -0.192 e. The zero-order chi connectivity index (χ0) is 11.6. The summed E-state index contributed by atoms with van der Waals surface area (Å²) in [6, 6.07) is 3.48. The summed E-state index contributed by atoms with van der Waals surface area (Å²) < 4.78 is 37.4. The number of nitrogens with zero attached hydrogens (tertiary/aromatic N) is 1. The summed E-state index contributed by atoms with van der Waals surface area (Å²) >= 11 is 8.68. The zero-order valence-electron chi connectivity index (χ0n) is 7.20. The van der Waals surface area contributed by atoms with Gasteiger partial charge in [-0.1, -0.05) is 27.5 Å². The molecular formula is C9H4BrClF3N. The number of benzene rings is 1. The van der Waals surface area contributed by atoms with Gasteiger partial charge in [-0.2, -0.15) is 18.4 Å². The Balaban J connectivity index is 3.51. The summed E-state index contributed by atoms with van der Waals surface area (Å²) in [5, 5.41) is 8.95. The largest absolute Gasteiger partial charge is 0.417 e. The maximum Gasteiger partial charge on any atom is 0.417 e. The van der Waals surface area contributed by atoms with Gasteiger partial charge >= 0.3 is 6.18 Å². The zero-order valence-corrected chi connectivity index (χ0v) is 9.54. The third kappa shape index (κ3) is 2.44. The van der Waals surface area contributed by atoms with Crippen LogP contribution in [0.2, 0.25) is 5.02 Å². The van der Waals surface area contributed by atoms with Crippen LogP contribution in [0.5, 0.6) is 0 Å². The molecule has 0 N–H and O–H groups in total. The van der Waals surface area contributed by atoms with Gasteiger partial charge in [0.1, 0.15) is 6.07 Å². The predicted molar refractivity (Wildman–Crippen MR) is 53.8 cm³/mol. The minimum absolute atomic E-state index is 0.110. The van der Waals surface area contributed by atoms with Crippen LogP contribution in [0, 0.1) is 11.3 Å². The molecule has 0 aliphatic rings. The fourth-order valence-corrected chi connectivity index (χ4v) is 2.09. The Hall–Kier alpha value is -0.730. The fraction of sp³-hybridized carbons (Fsp3) is 0.222. The molecule has 0 fully saturated rings. The molecule has 1 nitrogen and oxygen atoms in total. The van der Waals surface area contributed by atoms with Gasteiger partial charge in [0.25, 0.3) is 0 Å². The fourth-order valence-electron chi connectivity index (χ4n) is 1.12. The Kier molecular flexibility index (Phi) is 3.63. The number of rotatable bonds is 1. The van der Waals surface area contributed by atoms with Crippen molar-refractivity contribution in [2.75, 3.05) is 0 Å². The molecular weight excluding hydrogens is 294 g/mol. The van der Waals surface area contributed by atoms with Crippen LogP contribution in [0.3, 0.4) is 0 Å². The van der Waals surface area contributed by atoms with Crippen LogP contribution < -0.4 is 0 Å². The molecule has 0 bridgehead atoms. The van der Waals surface area contributed by atoms with E-state index in [1.165, 1.54) is 6.07 Å². The first-order valence-corrected chi connectivity index (χ1v) is 5.26. The van der Waals surface area contributed by atoms with Crippen molar-refractivity contribution < 1.29 is 13.2 Å². The smallest absolute Gasteiger partial charge is 0.192 e. The van der Waals surface area contributed by atoms with E-state index < -0.39 is 17.3 Å². The van der Waals surface area contributed by atoms with Gasteiger partial charge in [0, 0.05) is 10.4 Å². The second-order valence-electron chi connectivity index (χ2n) is 2.69. The van der Waals surface area contributed by atoms with Crippen LogP contribution >= 0.6 is 27.5 Å². The lowest BCUT2D eigenvalue weighted by Gasteiger charge is -2.12. The van der Waals surface area contributed by atoms with E-state index in [2.05, 4.69) is 15.9 Å². The number of nitriles is 1. The van der Waals surface area contributed by atoms with Crippen LogP contribution in [0.15, 0.2) is 12.1 Å². The van der Waals surface area contributed by atoms with Gasteiger partial charge in [0.05, 0.1) is 11.1 Å². The van der Waals surface area contributed by atoms with E-state index in [0.29, 0.717) is 0 Å². The molecule has 0 saturated heterocycles. The highest BCUT2D eigenvalue weighted by molar-refractivity contribution is 9.08. The number of hydrogen-bond acceptors (Lipinski definition) is 1. The topological polar surface area (TPSA) is 23.8 Å². The van der Waals surface area contributed by atoms with E-state index in [-0.39, 0.29) is 15.9 Å². The molecule has 1 rings (SSSR count). The molecule has 15 heavy (non-hydrogen) atoms. The predicted octanol–water partition coefficient (Wildman–Crippen LogP) is 4.13. The maximum atomic E-state index is 12.5. The molecule has 0 aliphatic heterocycles. The second-order valence-corrected chi connectivity index (χ2v) is 3.66. The quantitative estimate of drug-likeness (QED) is 0.715. The highest BCUT2D eigenvalue weighted by atomic mass is 79.9. The maximum absolute atomic E-state index is 12.5. The van der Waals surface area contributed by atoms with Gasteiger partial charge in [-0.25, -0.2) is 0 Å². The highest BCUT2D eigenvalue weighted by Gasteiger charge is 2.34. The lowest BCUT2D eigenvalue weighted by molar-refractivity contribution is -0.137. The van der Waals surface area contributed by atoms with Gasteiger partial charge < -0.3 is 0 Å². The molecule has 80 valence electrons. The first kappa shape index (κ1) is 12.3. The van der Waals surface area contributed by atoms with Crippen molar-refractivity contribution in [2.24, 2.45) is 0 Å². The molecule has 6 heteroatoms. The van der Waals surface area contributed by atoms with Gasteiger partial charge in [-0.3, -0.25) is 0 Å². The Labute approximate surface area is 97.6 Å². The number of hydrogen-bond donors (Lipinski definition) is 0. The van der Waals surface area contributed by atoms with Crippen LogP contribution in [0.4, 0.5) is 13.2 Å². The molecule has 0 unspecified atom stereocenters. The SMILES string of the molecule is N#Cc1c(C(F)(F)F)ccc(Cl)c1CBr. The van der Waals surface area contributed by atoms with Gasteiger partial charge in [-0.15, -0.1) is 0 Å². The van der Waals surface area contributed by atoms with Crippen molar-refractivity contribution in [2.45, 2.75) is 11.5 Å². The summed E-state index contributed by atoms with van der Waals surface area (Å²) in [5.74, 6) is 0. The van der Waals surface area contributed by atoms with Gasteiger partial charge in [-0.05, 0) is 17.7 Å². The Morgan fingerprint density at radius 3 is 2.40 bits per heavy atom. The van der Waals surface area contributed by atoms with E-state index in [0.717, 1.165) is 12.1 Å². The standard InChI is InChI=1S/C9H4BrClF3N/c10-3-5-6(4-15)7(9(12,13)14)1-2-8(5)11/h1-2H,3H2. The van der Waals surface area contributed by atoms with E-state index >= 15 is 0 Å². The molecule has 0 atom stereocenters. The molecule has 1 aromatic carbocycles. The average Bonchev–Trinajstić information content (AvgIpc) is 2.15. The lowest BCUT2D eigenvalue weighted by Crippen LogP contribution is -2.09. The van der Waals surface area contributed by atoms with Crippen molar-refractivity contribution >= 4 is 27.5 Å². The molecule has 0 saturated carbocycles. The van der Waals surface area contributed by atoms with Crippen molar-refractivity contribution in [1.29, 1.82) is 5.26 Å². The average molecular weight is 298 g/mol. The van der Waals surface area contributed by atoms with Crippen molar-refractivity contribution in [3.63, 3.8) is 0 Å². The van der Waals surface area contributed by atoms with Gasteiger partial charge in [0.2, 0.25) is 0 Å². The van der Waals surface area contributed by atoms with Crippen molar-refractivity contribution in [3.8, 4) is 6.07 Å². The first-order valence-electron chi connectivity index (χ1n) is 3.76. The van der Waals surface area contributed by atoms with E-state index in [4.69, 9.17) is 16.9 Å². The first-order chi connectivity index (χ1) is 6.91. The van der Waals surface area contributed by atoms with Crippen LogP contribution in [0.25, 0.3) is 0 Å². The monoisotopic (exact) mass is 297 g/mol. The Bertz CT molecular complexity index is 423. The molecule has 0 heterocycles. The van der Waals surface area contributed by atoms with E-state index in [9.17, 15) is 13.2 Å². The third-order valence-corrected chi connectivity index (χ3v) is 2.72. The van der Waals surface area contributed by atoms with Crippen LogP contribution in [-0.4, -0.2) is 0 Å². The van der Waals surface area contributed by atoms with Crippen LogP contribution in [0.1, 0.15) is 16.7 Å². The van der Waals surface area contributed by atoms with Crippen LogP contribution in [-0.2, 0) is 11.5 Å². The second kappa shape index (κ2) is 4.42. The van der Waals surface area contributed by atoms with Crippen molar-refractivity contribution in [1.82, 2.24) is 0 Å². The molecule has 0 aliphatic carbocycles.